The molecule has 2 heterocycles. The Labute approximate surface area is 217 Å². The van der Waals surface area contributed by atoms with Crippen LogP contribution in [0.1, 0.15) is 23.2 Å². The molecule has 1 aliphatic heterocycles. The van der Waals surface area contributed by atoms with E-state index < -0.39 is 59.9 Å². The van der Waals surface area contributed by atoms with Crippen LogP contribution in [0.4, 0.5) is 8.78 Å². The van der Waals surface area contributed by atoms with Gasteiger partial charge in [0.2, 0.25) is 10.0 Å². The topological polar surface area (TPSA) is 168 Å². The minimum absolute atomic E-state index is 0.0312. The lowest BCUT2D eigenvalue weighted by molar-refractivity contribution is 0.141. The van der Waals surface area contributed by atoms with E-state index in [-0.39, 0.29) is 39.2 Å². The second-order valence-corrected chi connectivity index (χ2v) is 12.8. The van der Waals surface area contributed by atoms with E-state index in [1.54, 1.807) is 4.98 Å². The van der Waals surface area contributed by atoms with Crippen LogP contribution in [0.2, 0.25) is 10.0 Å². The minimum atomic E-state index is -4.27. The number of benzene rings is 2. The largest absolute Gasteiger partial charge is 0.507 e. The van der Waals surface area contributed by atoms with Crippen LogP contribution in [0.15, 0.2) is 44.8 Å². The standard InChI is InChI=1S/C20H16Cl2F2N4O7S2/c21-13-5-11(28-20(31)25-19(30)17(26-28)18(23)24)6-14(22)12(13)3-9-1-2-15(29)16(4-9)37(34,35)27-10-7-36(32,33)8-10/h1-2,4-6,10,18,27,29H,3,7-8H2,(H,25,30,31). The number of phenolic OH excluding ortho intramolecular Hbond substituents is 1. The molecule has 198 valence electrons. The Morgan fingerprint density at radius 1 is 1.16 bits per heavy atom. The van der Waals surface area contributed by atoms with Gasteiger partial charge in [0.15, 0.2) is 15.5 Å². The molecule has 1 fully saturated rings. The van der Waals surface area contributed by atoms with Crippen LogP contribution >= 0.6 is 23.2 Å². The first-order chi connectivity index (χ1) is 17.2. The summed E-state index contributed by atoms with van der Waals surface area (Å²) in [6.07, 6.45) is -3.29. The number of aromatic amines is 1. The predicted octanol–water partition coefficient (Wildman–Crippen LogP) is 1.54. The van der Waals surface area contributed by atoms with E-state index in [4.69, 9.17) is 23.2 Å². The number of rotatable bonds is 7. The Morgan fingerprint density at radius 3 is 2.35 bits per heavy atom. The van der Waals surface area contributed by atoms with E-state index in [1.807, 2.05) is 0 Å². The van der Waals surface area contributed by atoms with Crippen molar-refractivity contribution in [3.05, 3.63) is 78.0 Å². The second kappa shape index (κ2) is 9.79. The summed E-state index contributed by atoms with van der Waals surface area (Å²) in [5.41, 5.74) is -3.12. The molecule has 11 nitrogen and oxygen atoms in total. The van der Waals surface area contributed by atoms with Gasteiger partial charge in [-0.1, -0.05) is 29.3 Å². The molecule has 0 saturated carbocycles. The third-order valence-corrected chi connectivity index (χ3v) is 9.40. The van der Waals surface area contributed by atoms with Gasteiger partial charge in [-0.15, -0.1) is 0 Å². The highest BCUT2D eigenvalue weighted by molar-refractivity contribution is 7.93. The number of H-pyrrole nitrogens is 1. The van der Waals surface area contributed by atoms with Gasteiger partial charge in [-0.2, -0.15) is 9.78 Å². The Kier molecular flexibility index (Phi) is 7.20. The van der Waals surface area contributed by atoms with Crippen molar-refractivity contribution in [1.82, 2.24) is 19.5 Å². The van der Waals surface area contributed by atoms with E-state index in [0.717, 1.165) is 12.1 Å². The fourth-order valence-electron chi connectivity index (χ4n) is 3.61. The van der Waals surface area contributed by atoms with Crippen molar-refractivity contribution in [3.8, 4) is 11.4 Å². The molecular formula is C20H16Cl2F2N4O7S2. The summed E-state index contributed by atoms with van der Waals surface area (Å²) in [5.74, 6) is -1.27. The van der Waals surface area contributed by atoms with Gasteiger partial charge < -0.3 is 5.11 Å². The normalized spacial score (nSPS) is 15.6. The smallest absolute Gasteiger partial charge is 0.349 e. The van der Waals surface area contributed by atoms with Crippen molar-refractivity contribution >= 4 is 43.1 Å². The number of halogens is 4. The molecule has 1 aliphatic rings. The van der Waals surface area contributed by atoms with E-state index in [2.05, 4.69) is 9.82 Å². The van der Waals surface area contributed by atoms with Crippen molar-refractivity contribution in [2.24, 2.45) is 0 Å². The molecule has 0 spiro atoms. The monoisotopic (exact) mass is 596 g/mol. The van der Waals surface area contributed by atoms with Crippen molar-refractivity contribution in [2.75, 3.05) is 11.5 Å². The number of sulfonamides is 1. The van der Waals surface area contributed by atoms with Crippen molar-refractivity contribution < 1.29 is 30.7 Å². The van der Waals surface area contributed by atoms with Crippen LogP contribution in [0.5, 0.6) is 5.75 Å². The van der Waals surface area contributed by atoms with Crippen LogP contribution < -0.4 is 16.0 Å². The Balaban J connectivity index is 1.65. The third-order valence-electron chi connectivity index (χ3n) is 5.36. The molecule has 0 radical (unpaired) electrons. The quantitative estimate of drug-likeness (QED) is 0.369. The summed E-state index contributed by atoms with van der Waals surface area (Å²) in [5, 5.41) is 13.4. The molecule has 1 saturated heterocycles. The molecule has 3 N–H and O–H groups in total. The highest BCUT2D eigenvalue weighted by Crippen LogP contribution is 2.32. The number of phenols is 1. The van der Waals surface area contributed by atoms with Crippen LogP contribution in [-0.4, -0.2) is 54.3 Å². The zero-order valence-corrected chi connectivity index (χ0v) is 21.4. The van der Waals surface area contributed by atoms with Crippen molar-refractivity contribution in [1.29, 1.82) is 0 Å². The van der Waals surface area contributed by atoms with E-state index in [1.165, 1.54) is 18.2 Å². The average Bonchev–Trinajstić information content (AvgIpc) is 2.75. The highest BCUT2D eigenvalue weighted by atomic mass is 35.5. The summed E-state index contributed by atoms with van der Waals surface area (Å²) in [4.78, 5) is 24.9. The number of aromatic nitrogens is 3. The van der Waals surface area contributed by atoms with E-state index in [0.29, 0.717) is 10.2 Å². The van der Waals surface area contributed by atoms with Gasteiger partial charge in [0.25, 0.3) is 12.0 Å². The first-order valence-electron chi connectivity index (χ1n) is 10.2. The lowest BCUT2D eigenvalue weighted by Gasteiger charge is -2.26. The summed E-state index contributed by atoms with van der Waals surface area (Å²) in [7, 11) is -7.55. The summed E-state index contributed by atoms with van der Waals surface area (Å²) in [6.45, 7) is 0. The maximum Gasteiger partial charge on any atom is 0.349 e. The summed E-state index contributed by atoms with van der Waals surface area (Å²) in [6, 6.07) is 5.28. The first-order valence-corrected chi connectivity index (χ1v) is 14.3. The Morgan fingerprint density at radius 2 is 1.78 bits per heavy atom. The van der Waals surface area contributed by atoms with Gasteiger partial charge in [0.05, 0.1) is 17.2 Å². The third kappa shape index (κ3) is 5.70. The maximum atomic E-state index is 13.1. The average molecular weight is 597 g/mol. The fraction of sp³-hybridized carbons (Fsp3) is 0.250. The second-order valence-electron chi connectivity index (χ2n) is 8.12. The summed E-state index contributed by atoms with van der Waals surface area (Å²) >= 11 is 12.6. The molecule has 3 aromatic rings. The van der Waals surface area contributed by atoms with Gasteiger partial charge in [-0.05, 0) is 35.4 Å². The number of aromatic hydroxyl groups is 1. The maximum absolute atomic E-state index is 13.1. The van der Waals surface area contributed by atoms with Crippen LogP contribution in [0.3, 0.4) is 0 Å². The SMILES string of the molecule is O=c1[nH]c(=O)n(-c2cc(Cl)c(Cc3ccc(O)c(S(=O)(=O)NC4CS(=O)(=O)C4)c3)c(Cl)c2)nc1C(F)F. The molecule has 0 amide bonds. The van der Waals surface area contributed by atoms with Crippen LogP contribution in [0.25, 0.3) is 5.69 Å². The molecular weight excluding hydrogens is 581 g/mol. The Hall–Kier alpha value is -2.85. The zero-order chi connectivity index (χ0) is 27.3. The molecule has 1 aromatic heterocycles. The van der Waals surface area contributed by atoms with Gasteiger partial charge in [0.1, 0.15) is 10.6 Å². The highest BCUT2D eigenvalue weighted by Gasteiger charge is 2.37. The van der Waals surface area contributed by atoms with Gasteiger partial charge in [-0.3, -0.25) is 9.78 Å². The molecule has 4 rings (SSSR count). The van der Waals surface area contributed by atoms with Crippen LogP contribution in [-0.2, 0) is 26.3 Å². The number of nitrogens with zero attached hydrogens (tertiary/aromatic N) is 2. The van der Waals surface area contributed by atoms with Crippen molar-refractivity contribution in [3.63, 3.8) is 0 Å². The van der Waals surface area contributed by atoms with Gasteiger partial charge in [-0.25, -0.2) is 35.1 Å². The van der Waals surface area contributed by atoms with Crippen molar-refractivity contribution in [2.45, 2.75) is 23.8 Å². The van der Waals surface area contributed by atoms with E-state index in [9.17, 15) is 40.3 Å². The summed E-state index contributed by atoms with van der Waals surface area (Å²) < 4.78 is 76.9. The molecule has 17 heteroatoms. The lowest BCUT2D eigenvalue weighted by atomic mass is 10.0. The number of nitrogens with one attached hydrogen (secondary N) is 2. The lowest BCUT2D eigenvalue weighted by Crippen LogP contribution is -2.52. The van der Waals surface area contributed by atoms with Crippen LogP contribution in [0, 0.1) is 0 Å². The number of hydrogen-bond donors (Lipinski definition) is 3. The molecule has 37 heavy (non-hydrogen) atoms. The zero-order valence-electron chi connectivity index (χ0n) is 18.3. The van der Waals surface area contributed by atoms with Gasteiger partial charge in [0, 0.05) is 22.5 Å². The number of sulfone groups is 1. The van der Waals surface area contributed by atoms with E-state index >= 15 is 0 Å². The molecule has 0 aliphatic carbocycles. The number of hydrogen-bond acceptors (Lipinski definition) is 8. The number of alkyl halides is 2. The molecule has 0 unspecified atom stereocenters. The fourth-order valence-corrected chi connectivity index (χ4v) is 7.11. The van der Waals surface area contributed by atoms with Gasteiger partial charge >= 0.3 is 5.69 Å². The Bertz CT molecular complexity index is 1710. The molecule has 2 aromatic carbocycles. The molecule has 0 bridgehead atoms. The predicted molar refractivity (Wildman–Crippen MR) is 129 cm³/mol. The minimum Gasteiger partial charge on any atom is -0.507 e. The first kappa shape index (κ1) is 27.2. The molecule has 0 atom stereocenters.